The van der Waals surface area contributed by atoms with E-state index in [9.17, 15) is 14.0 Å². The van der Waals surface area contributed by atoms with Crippen molar-refractivity contribution in [3.63, 3.8) is 0 Å². The van der Waals surface area contributed by atoms with Gasteiger partial charge >= 0.3 is 0 Å². The van der Waals surface area contributed by atoms with Crippen LogP contribution < -0.4 is 10.1 Å². The van der Waals surface area contributed by atoms with Crippen LogP contribution in [0.25, 0.3) is 10.4 Å². The van der Waals surface area contributed by atoms with Crippen molar-refractivity contribution in [1.29, 1.82) is 0 Å². The molecule has 0 aliphatic carbocycles. The highest BCUT2D eigenvalue weighted by Crippen LogP contribution is 2.42. The number of thiophene rings is 1. The van der Waals surface area contributed by atoms with E-state index in [-0.39, 0.29) is 23.6 Å². The third-order valence-electron chi connectivity index (χ3n) is 4.82. The first kappa shape index (κ1) is 19.3. The number of fused-ring (bicyclic) bond motifs is 1. The van der Waals surface area contributed by atoms with Crippen LogP contribution in [0.4, 0.5) is 4.39 Å². The third kappa shape index (κ3) is 4.38. The minimum absolute atomic E-state index is 0.0192. The number of amides is 1. The van der Waals surface area contributed by atoms with Gasteiger partial charge in [-0.2, -0.15) is 0 Å². The van der Waals surface area contributed by atoms with Crippen LogP contribution in [-0.2, 0) is 17.6 Å². The van der Waals surface area contributed by atoms with Gasteiger partial charge in [-0.3, -0.25) is 9.59 Å². The van der Waals surface area contributed by atoms with Gasteiger partial charge in [-0.15, -0.1) is 11.3 Å². The maximum absolute atomic E-state index is 14.2. The van der Waals surface area contributed by atoms with Crippen LogP contribution in [0.2, 0.25) is 0 Å². The summed E-state index contributed by atoms with van der Waals surface area (Å²) in [6.45, 7) is 1.86. The number of ether oxygens (including phenoxy) is 1. The monoisotopic (exact) mass is 409 g/mol. The van der Waals surface area contributed by atoms with Gasteiger partial charge in [-0.25, -0.2) is 4.39 Å². The maximum atomic E-state index is 14.2. The number of halogens is 1. The molecule has 2 heterocycles. The molecule has 148 valence electrons. The summed E-state index contributed by atoms with van der Waals surface area (Å²) in [6, 6.07) is 16.0. The fourth-order valence-corrected chi connectivity index (χ4v) is 4.35. The molecule has 0 saturated carbocycles. The van der Waals surface area contributed by atoms with E-state index >= 15 is 0 Å². The summed E-state index contributed by atoms with van der Waals surface area (Å²) in [5.74, 6) is 0.195. The lowest BCUT2D eigenvalue weighted by atomic mass is 10.0. The molecule has 4 rings (SSSR count). The minimum atomic E-state index is -0.339. The normalized spacial score (nSPS) is 14.9. The number of ketones is 1. The van der Waals surface area contributed by atoms with Crippen molar-refractivity contribution in [3.05, 3.63) is 76.4 Å². The molecule has 0 spiro atoms. The minimum Gasteiger partial charge on any atom is -0.487 e. The first-order valence-corrected chi connectivity index (χ1v) is 10.2. The Balaban J connectivity index is 1.45. The van der Waals surface area contributed by atoms with Gasteiger partial charge in [-0.1, -0.05) is 30.3 Å². The van der Waals surface area contributed by atoms with E-state index in [2.05, 4.69) is 5.32 Å². The lowest BCUT2D eigenvalue weighted by molar-refractivity contribution is -0.120. The molecule has 1 N–H and O–H groups in total. The molecule has 0 radical (unpaired) electrons. The largest absolute Gasteiger partial charge is 0.487 e. The Labute approximate surface area is 172 Å². The van der Waals surface area contributed by atoms with Gasteiger partial charge in [-0.05, 0) is 36.8 Å². The van der Waals surface area contributed by atoms with Gasteiger partial charge in [0.05, 0.1) is 17.8 Å². The number of nitrogens with one attached hydrogen (secondary N) is 1. The second kappa shape index (κ2) is 8.17. The zero-order valence-corrected chi connectivity index (χ0v) is 16.7. The molecular formula is C23H20FNO3S. The fraction of sp³-hybridized carbons (Fsp3) is 0.217. The molecule has 1 aromatic heterocycles. The third-order valence-corrected chi connectivity index (χ3v) is 6.03. The van der Waals surface area contributed by atoms with Gasteiger partial charge in [0, 0.05) is 22.4 Å². The average molecular weight is 409 g/mol. The van der Waals surface area contributed by atoms with Crippen LogP contribution in [-0.4, -0.2) is 24.3 Å². The number of carbonyl (C=O) groups is 2. The van der Waals surface area contributed by atoms with E-state index in [0.29, 0.717) is 35.6 Å². The van der Waals surface area contributed by atoms with Gasteiger partial charge in [0.1, 0.15) is 17.7 Å². The first-order valence-electron chi connectivity index (χ1n) is 9.40. The Morgan fingerprint density at radius 1 is 1.17 bits per heavy atom. The Morgan fingerprint density at radius 3 is 2.69 bits per heavy atom. The number of hydrogen-bond acceptors (Lipinski definition) is 4. The predicted octanol–water partition coefficient (Wildman–Crippen LogP) is 4.42. The van der Waals surface area contributed by atoms with Crippen molar-refractivity contribution < 1.29 is 18.7 Å². The van der Waals surface area contributed by atoms with Gasteiger partial charge in [0.25, 0.3) is 0 Å². The summed E-state index contributed by atoms with van der Waals surface area (Å²) < 4.78 is 20.2. The first-order chi connectivity index (χ1) is 14.0. The van der Waals surface area contributed by atoms with Crippen molar-refractivity contribution >= 4 is 23.0 Å². The second-order valence-electron chi connectivity index (χ2n) is 7.07. The quantitative estimate of drug-likeness (QED) is 0.613. The number of hydrogen-bond donors (Lipinski definition) is 1. The lowest BCUT2D eigenvalue weighted by Crippen LogP contribution is -2.35. The molecular weight excluding hydrogens is 389 g/mol. The Kier molecular flexibility index (Phi) is 5.45. The number of Topliss-reactive ketones (excluding diaryl/α,β-unsaturated/α-hetero) is 1. The van der Waals surface area contributed by atoms with E-state index < -0.39 is 0 Å². The van der Waals surface area contributed by atoms with Crippen molar-refractivity contribution in [2.24, 2.45) is 0 Å². The van der Waals surface area contributed by atoms with Crippen molar-refractivity contribution in [2.75, 3.05) is 6.54 Å². The van der Waals surface area contributed by atoms with Crippen LogP contribution in [0.1, 0.15) is 27.7 Å². The van der Waals surface area contributed by atoms with Crippen LogP contribution in [0.3, 0.4) is 0 Å². The second-order valence-corrected chi connectivity index (χ2v) is 8.16. The summed E-state index contributed by atoms with van der Waals surface area (Å²) >= 11 is 1.32. The summed E-state index contributed by atoms with van der Waals surface area (Å²) in [6.07, 6.45) is 0.581. The zero-order valence-electron chi connectivity index (χ0n) is 15.9. The van der Waals surface area contributed by atoms with Crippen LogP contribution in [0.15, 0.2) is 54.6 Å². The zero-order chi connectivity index (χ0) is 20.4. The van der Waals surface area contributed by atoms with E-state index in [0.717, 1.165) is 16.0 Å². The van der Waals surface area contributed by atoms with E-state index in [1.165, 1.54) is 30.4 Å². The molecule has 2 aromatic carbocycles. The number of benzene rings is 2. The molecule has 3 aromatic rings. The van der Waals surface area contributed by atoms with Crippen LogP contribution in [0.5, 0.6) is 5.75 Å². The maximum Gasteiger partial charge on any atom is 0.224 e. The average Bonchev–Trinajstić information content (AvgIpc) is 3.33. The van der Waals surface area contributed by atoms with Crippen molar-refractivity contribution in [1.82, 2.24) is 5.32 Å². The highest BCUT2D eigenvalue weighted by Gasteiger charge is 2.28. The highest BCUT2D eigenvalue weighted by molar-refractivity contribution is 7.17. The Bertz CT molecular complexity index is 1060. The fourth-order valence-electron chi connectivity index (χ4n) is 3.43. The molecule has 6 heteroatoms. The SMILES string of the molecule is CC(=O)c1ccc(-c2cc(F)cc3c2O[C@@H](CNC(=O)Cc2ccccc2)C3)s1. The molecule has 1 aliphatic heterocycles. The summed E-state index contributed by atoms with van der Waals surface area (Å²) in [5.41, 5.74) is 2.37. The molecule has 0 unspecified atom stereocenters. The molecule has 29 heavy (non-hydrogen) atoms. The van der Waals surface area contributed by atoms with Crippen molar-refractivity contribution in [2.45, 2.75) is 25.9 Å². The molecule has 0 bridgehead atoms. The molecule has 1 aliphatic rings. The Morgan fingerprint density at radius 2 is 1.97 bits per heavy atom. The Hall–Kier alpha value is -2.99. The van der Waals surface area contributed by atoms with E-state index in [1.54, 1.807) is 6.07 Å². The molecule has 0 fully saturated rings. The number of rotatable bonds is 6. The lowest BCUT2D eigenvalue weighted by Gasteiger charge is -2.13. The summed E-state index contributed by atoms with van der Waals surface area (Å²) in [7, 11) is 0. The van der Waals surface area contributed by atoms with E-state index in [1.807, 2.05) is 36.4 Å². The van der Waals surface area contributed by atoms with Gasteiger partial charge in [0.2, 0.25) is 5.91 Å². The smallest absolute Gasteiger partial charge is 0.224 e. The summed E-state index contributed by atoms with van der Waals surface area (Å²) in [4.78, 5) is 25.2. The topological polar surface area (TPSA) is 55.4 Å². The summed E-state index contributed by atoms with van der Waals surface area (Å²) in [5, 5.41) is 2.90. The molecule has 4 nitrogen and oxygen atoms in total. The van der Waals surface area contributed by atoms with Gasteiger partial charge in [0.15, 0.2) is 5.78 Å². The number of carbonyl (C=O) groups excluding carboxylic acids is 2. The van der Waals surface area contributed by atoms with Crippen LogP contribution >= 0.6 is 11.3 Å². The predicted molar refractivity (Wildman–Crippen MR) is 111 cm³/mol. The highest BCUT2D eigenvalue weighted by atomic mass is 32.1. The molecule has 1 amide bonds. The molecule has 1 atom stereocenters. The molecule has 0 saturated heterocycles. The van der Waals surface area contributed by atoms with Crippen molar-refractivity contribution in [3.8, 4) is 16.2 Å². The van der Waals surface area contributed by atoms with Crippen LogP contribution in [0, 0.1) is 5.82 Å². The van der Waals surface area contributed by atoms with E-state index in [4.69, 9.17) is 4.74 Å². The standard InChI is InChI=1S/C23H20FNO3S/c1-14(26)20-7-8-21(29-20)19-12-17(24)10-16-11-18(28-23(16)19)13-25-22(27)9-15-5-3-2-4-6-15/h2-8,10,12,18H,9,11,13H2,1H3,(H,25,27)/t18-/m1/s1. The van der Waals surface area contributed by atoms with Gasteiger partial charge < -0.3 is 10.1 Å².